The van der Waals surface area contributed by atoms with Crippen molar-refractivity contribution in [3.05, 3.63) is 59.2 Å². The first kappa shape index (κ1) is 15.3. The van der Waals surface area contributed by atoms with E-state index >= 15 is 0 Å². The first-order valence-corrected chi connectivity index (χ1v) is 6.39. The summed E-state index contributed by atoms with van der Waals surface area (Å²) in [5.74, 6) is 0.0914. The summed E-state index contributed by atoms with van der Waals surface area (Å²) in [6, 6.07) is 11.8. The Bertz CT molecular complexity index is 614. The summed E-state index contributed by atoms with van der Waals surface area (Å²) in [7, 11) is 1.37. The second-order valence-electron chi connectivity index (χ2n) is 4.55. The van der Waals surface area contributed by atoms with Gasteiger partial charge in [0.25, 0.3) is 0 Å². The zero-order valence-electron chi connectivity index (χ0n) is 11.7. The van der Waals surface area contributed by atoms with Gasteiger partial charge in [-0.1, -0.05) is 30.3 Å². The Kier molecular flexibility index (Phi) is 4.75. The molecule has 2 aromatic rings. The van der Waals surface area contributed by atoms with Gasteiger partial charge in [0.1, 0.15) is 6.10 Å². The fraction of sp³-hybridized carbons (Fsp3) is 0.250. The van der Waals surface area contributed by atoms with Gasteiger partial charge < -0.3 is 14.6 Å². The lowest BCUT2D eigenvalue weighted by Gasteiger charge is -2.16. The van der Waals surface area contributed by atoms with Gasteiger partial charge in [0.2, 0.25) is 0 Å². The third-order valence-electron chi connectivity index (χ3n) is 3.20. The number of rotatable bonds is 5. The summed E-state index contributed by atoms with van der Waals surface area (Å²) >= 11 is 0. The van der Waals surface area contributed by atoms with Crippen LogP contribution >= 0.6 is 0 Å². The Morgan fingerprint density at radius 1 is 1.05 bits per heavy atom. The van der Waals surface area contributed by atoms with Crippen molar-refractivity contribution in [1.82, 2.24) is 0 Å². The average Bonchev–Trinajstić information content (AvgIpc) is 2.46. The van der Waals surface area contributed by atoms with Gasteiger partial charge in [0.05, 0.1) is 7.11 Å². The van der Waals surface area contributed by atoms with Crippen LogP contribution < -0.4 is 9.47 Å². The molecule has 1 unspecified atom stereocenters. The topological polar surface area (TPSA) is 38.7 Å². The summed E-state index contributed by atoms with van der Waals surface area (Å²) in [4.78, 5) is 0. The normalized spacial score (nSPS) is 12.3. The van der Waals surface area contributed by atoms with Gasteiger partial charge >= 0.3 is 6.61 Å². The Balaban J connectivity index is 2.38. The largest absolute Gasteiger partial charge is 0.493 e. The number of benzene rings is 2. The van der Waals surface area contributed by atoms with Crippen LogP contribution in [0.5, 0.6) is 11.5 Å². The molecule has 0 aromatic heterocycles. The lowest BCUT2D eigenvalue weighted by atomic mass is 9.97. The Morgan fingerprint density at radius 3 is 2.38 bits per heavy atom. The van der Waals surface area contributed by atoms with Crippen molar-refractivity contribution in [3.63, 3.8) is 0 Å². The van der Waals surface area contributed by atoms with Crippen LogP contribution in [0.1, 0.15) is 22.8 Å². The molecule has 2 aromatic carbocycles. The van der Waals surface area contributed by atoms with Crippen LogP contribution in [0.15, 0.2) is 42.5 Å². The number of hydrogen-bond acceptors (Lipinski definition) is 3. The van der Waals surface area contributed by atoms with E-state index in [2.05, 4.69) is 4.74 Å². The molecule has 0 heterocycles. The van der Waals surface area contributed by atoms with Gasteiger partial charge in [0, 0.05) is 0 Å². The molecular formula is C16H16F2O3. The maximum absolute atomic E-state index is 12.4. The Labute approximate surface area is 121 Å². The third-order valence-corrected chi connectivity index (χ3v) is 3.20. The zero-order chi connectivity index (χ0) is 15.4. The maximum Gasteiger partial charge on any atom is 0.387 e. The molecule has 5 heteroatoms. The molecule has 0 bridgehead atoms. The predicted molar refractivity (Wildman–Crippen MR) is 74.9 cm³/mol. The molecule has 2 rings (SSSR count). The first-order valence-electron chi connectivity index (χ1n) is 6.39. The van der Waals surface area contributed by atoms with E-state index in [4.69, 9.17) is 4.74 Å². The molecule has 0 saturated carbocycles. The van der Waals surface area contributed by atoms with Crippen LogP contribution in [0.2, 0.25) is 0 Å². The van der Waals surface area contributed by atoms with E-state index in [9.17, 15) is 13.9 Å². The number of ether oxygens (including phenoxy) is 2. The smallest absolute Gasteiger partial charge is 0.387 e. The van der Waals surface area contributed by atoms with E-state index in [1.807, 2.05) is 25.1 Å². The molecule has 0 radical (unpaired) electrons. The highest BCUT2D eigenvalue weighted by molar-refractivity contribution is 5.46. The molecule has 1 atom stereocenters. The Morgan fingerprint density at radius 2 is 1.76 bits per heavy atom. The van der Waals surface area contributed by atoms with Crippen LogP contribution in [-0.2, 0) is 0 Å². The van der Waals surface area contributed by atoms with Gasteiger partial charge in [-0.2, -0.15) is 8.78 Å². The Hall–Kier alpha value is -2.14. The summed E-state index contributed by atoms with van der Waals surface area (Å²) in [6.45, 7) is -1.08. The van der Waals surface area contributed by atoms with Crippen LogP contribution in [0, 0.1) is 6.92 Å². The number of methoxy groups -OCH3 is 1. The van der Waals surface area contributed by atoms with Crippen LogP contribution in [0.4, 0.5) is 8.78 Å². The van der Waals surface area contributed by atoms with E-state index in [1.165, 1.54) is 19.2 Å². The molecule has 3 nitrogen and oxygen atoms in total. The van der Waals surface area contributed by atoms with Gasteiger partial charge in [-0.3, -0.25) is 0 Å². The number of aryl methyl sites for hydroxylation is 1. The SMILES string of the molecule is COc1ccc(C(O)c2ccccc2C)cc1OC(F)F. The highest BCUT2D eigenvalue weighted by atomic mass is 19.3. The summed E-state index contributed by atoms with van der Waals surface area (Å²) in [6.07, 6.45) is -0.919. The lowest BCUT2D eigenvalue weighted by molar-refractivity contribution is -0.0513. The minimum atomic E-state index is -2.95. The summed E-state index contributed by atoms with van der Waals surface area (Å²) < 4.78 is 34.2. The van der Waals surface area contributed by atoms with E-state index in [0.717, 1.165) is 5.56 Å². The maximum atomic E-state index is 12.4. The fourth-order valence-corrected chi connectivity index (χ4v) is 2.12. The van der Waals surface area contributed by atoms with Crippen LogP contribution in [0.3, 0.4) is 0 Å². The van der Waals surface area contributed by atoms with Crippen molar-refractivity contribution in [2.45, 2.75) is 19.6 Å². The number of aliphatic hydroxyl groups excluding tert-OH is 1. The molecule has 1 N–H and O–H groups in total. The summed E-state index contributed by atoms with van der Waals surface area (Å²) in [5, 5.41) is 10.4. The standard InChI is InChI=1S/C16H16F2O3/c1-10-5-3-4-6-12(10)15(19)11-7-8-13(20-2)14(9-11)21-16(17)18/h3-9,15-16,19H,1-2H3. The van der Waals surface area contributed by atoms with E-state index < -0.39 is 12.7 Å². The second-order valence-corrected chi connectivity index (χ2v) is 4.55. The lowest BCUT2D eigenvalue weighted by Crippen LogP contribution is -2.06. The monoisotopic (exact) mass is 294 g/mol. The third kappa shape index (κ3) is 3.49. The minimum absolute atomic E-state index is 0.0994. The number of halogens is 2. The molecule has 0 spiro atoms. The molecule has 0 amide bonds. The predicted octanol–water partition coefficient (Wildman–Crippen LogP) is 3.69. The molecule has 0 fully saturated rings. The zero-order valence-corrected chi connectivity index (χ0v) is 11.7. The average molecular weight is 294 g/mol. The summed E-state index contributed by atoms with van der Waals surface area (Å²) in [5.41, 5.74) is 2.09. The fourth-order valence-electron chi connectivity index (χ4n) is 2.12. The van der Waals surface area contributed by atoms with Crippen molar-refractivity contribution in [2.75, 3.05) is 7.11 Å². The van der Waals surface area contributed by atoms with Crippen molar-refractivity contribution >= 4 is 0 Å². The van der Waals surface area contributed by atoms with Gasteiger partial charge in [-0.25, -0.2) is 0 Å². The number of alkyl halides is 2. The van der Waals surface area contributed by atoms with Gasteiger partial charge in [-0.05, 0) is 35.7 Å². The number of hydrogen-bond donors (Lipinski definition) is 1. The van der Waals surface area contributed by atoms with Gasteiger partial charge in [-0.15, -0.1) is 0 Å². The molecule has 0 saturated heterocycles. The van der Waals surface area contributed by atoms with Crippen LogP contribution in [-0.4, -0.2) is 18.8 Å². The van der Waals surface area contributed by atoms with Crippen molar-refractivity contribution in [1.29, 1.82) is 0 Å². The van der Waals surface area contributed by atoms with E-state index in [1.54, 1.807) is 12.1 Å². The highest BCUT2D eigenvalue weighted by Gasteiger charge is 2.17. The molecule has 0 aliphatic carbocycles. The molecule has 0 aliphatic rings. The van der Waals surface area contributed by atoms with Crippen LogP contribution in [0.25, 0.3) is 0 Å². The van der Waals surface area contributed by atoms with E-state index in [0.29, 0.717) is 11.1 Å². The quantitative estimate of drug-likeness (QED) is 0.914. The van der Waals surface area contributed by atoms with Gasteiger partial charge in [0.15, 0.2) is 11.5 Å². The van der Waals surface area contributed by atoms with Crippen molar-refractivity contribution in [2.24, 2.45) is 0 Å². The van der Waals surface area contributed by atoms with E-state index in [-0.39, 0.29) is 11.5 Å². The minimum Gasteiger partial charge on any atom is -0.493 e. The van der Waals surface area contributed by atoms with Crippen molar-refractivity contribution < 1.29 is 23.4 Å². The molecular weight excluding hydrogens is 278 g/mol. The molecule has 112 valence electrons. The highest BCUT2D eigenvalue weighted by Crippen LogP contribution is 2.34. The van der Waals surface area contributed by atoms with Crippen molar-refractivity contribution in [3.8, 4) is 11.5 Å². The molecule has 21 heavy (non-hydrogen) atoms. The number of aliphatic hydroxyl groups is 1. The second kappa shape index (κ2) is 6.54. The first-order chi connectivity index (χ1) is 10.0. The molecule has 0 aliphatic heterocycles.